The molecular formula is C10H16ClN3O3S. The van der Waals surface area contributed by atoms with E-state index in [2.05, 4.69) is 10.4 Å². The van der Waals surface area contributed by atoms with Crippen LogP contribution in [0.15, 0.2) is 4.90 Å². The highest BCUT2D eigenvalue weighted by Gasteiger charge is 2.22. The quantitative estimate of drug-likeness (QED) is 0.820. The zero-order valence-electron chi connectivity index (χ0n) is 10.5. The van der Waals surface area contributed by atoms with E-state index < -0.39 is 9.05 Å². The van der Waals surface area contributed by atoms with Crippen molar-refractivity contribution < 1.29 is 13.2 Å². The molecule has 0 atom stereocenters. The fourth-order valence-corrected chi connectivity index (χ4v) is 3.27. The van der Waals surface area contributed by atoms with Crippen LogP contribution in [0.4, 0.5) is 0 Å². The van der Waals surface area contributed by atoms with Gasteiger partial charge in [-0.25, -0.2) is 8.42 Å². The average molecular weight is 294 g/mol. The van der Waals surface area contributed by atoms with E-state index in [1.807, 2.05) is 6.92 Å². The summed E-state index contributed by atoms with van der Waals surface area (Å²) in [6, 6.07) is 0. The minimum Gasteiger partial charge on any atom is -0.356 e. The molecule has 1 N–H and O–H groups in total. The molecule has 0 aliphatic carbocycles. The summed E-state index contributed by atoms with van der Waals surface area (Å²) in [4.78, 5) is 11.3. The van der Waals surface area contributed by atoms with Crippen molar-refractivity contribution in [2.45, 2.75) is 38.6 Å². The zero-order valence-corrected chi connectivity index (χ0v) is 12.1. The second-order valence-electron chi connectivity index (χ2n) is 3.86. The number of hydrogen-bond acceptors (Lipinski definition) is 4. The number of aromatic nitrogens is 2. The van der Waals surface area contributed by atoms with Crippen molar-refractivity contribution in [2.24, 2.45) is 0 Å². The number of carbonyl (C=O) groups is 1. The molecule has 0 saturated heterocycles. The van der Waals surface area contributed by atoms with E-state index in [0.29, 0.717) is 24.5 Å². The topological polar surface area (TPSA) is 81.1 Å². The summed E-state index contributed by atoms with van der Waals surface area (Å²) in [6.45, 7) is 5.92. The van der Waals surface area contributed by atoms with Gasteiger partial charge < -0.3 is 5.32 Å². The molecule has 0 bridgehead atoms. The summed E-state index contributed by atoms with van der Waals surface area (Å²) < 4.78 is 24.2. The molecule has 0 aliphatic heterocycles. The minimum absolute atomic E-state index is 0.0278. The standard InChI is InChI=1S/C10H16ClN3O3S/c1-4-12-9(15)5-6-14-8(3)10(7(2)13-14)18(11,16)17/h4-6H2,1-3H3,(H,12,15). The third kappa shape index (κ3) is 3.46. The molecule has 0 aliphatic rings. The third-order valence-electron chi connectivity index (χ3n) is 2.48. The predicted molar refractivity (Wildman–Crippen MR) is 68.0 cm³/mol. The van der Waals surface area contributed by atoms with Crippen molar-refractivity contribution in [3.05, 3.63) is 11.4 Å². The summed E-state index contributed by atoms with van der Waals surface area (Å²) in [6.07, 6.45) is 0.248. The molecule has 0 unspecified atom stereocenters. The Morgan fingerprint density at radius 3 is 2.50 bits per heavy atom. The van der Waals surface area contributed by atoms with Crippen LogP contribution in [0.25, 0.3) is 0 Å². The van der Waals surface area contributed by atoms with Crippen LogP contribution in [-0.4, -0.2) is 30.7 Å². The molecule has 1 amide bonds. The zero-order chi connectivity index (χ0) is 13.9. The van der Waals surface area contributed by atoms with E-state index in [9.17, 15) is 13.2 Å². The highest BCUT2D eigenvalue weighted by atomic mass is 35.7. The molecular weight excluding hydrogens is 278 g/mol. The van der Waals surface area contributed by atoms with Gasteiger partial charge in [-0.3, -0.25) is 9.48 Å². The smallest absolute Gasteiger partial charge is 0.264 e. The normalized spacial score (nSPS) is 11.6. The molecule has 1 aromatic rings. The molecule has 1 aromatic heterocycles. The van der Waals surface area contributed by atoms with E-state index >= 15 is 0 Å². The summed E-state index contributed by atoms with van der Waals surface area (Å²) in [7, 11) is 1.53. The lowest BCUT2D eigenvalue weighted by Gasteiger charge is -2.04. The van der Waals surface area contributed by atoms with Crippen LogP contribution in [0.5, 0.6) is 0 Å². The second-order valence-corrected chi connectivity index (χ2v) is 6.37. The summed E-state index contributed by atoms with van der Waals surface area (Å²) in [5.74, 6) is -0.0969. The number of hydrogen-bond donors (Lipinski definition) is 1. The van der Waals surface area contributed by atoms with Gasteiger partial charge in [0.05, 0.1) is 17.9 Å². The first-order valence-corrected chi connectivity index (χ1v) is 7.83. The molecule has 1 heterocycles. The van der Waals surface area contributed by atoms with Crippen molar-refractivity contribution in [2.75, 3.05) is 6.54 Å². The minimum atomic E-state index is -3.80. The number of halogens is 1. The number of amides is 1. The Hall–Kier alpha value is -1.08. The van der Waals surface area contributed by atoms with Gasteiger partial charge in [-0.2, -0.15) is 5.10 Å². The Bertz CT molecular complexity index is 551. The molecule has 0 saturated carbocycles. The van der Waals surface area contributed by atoms with Crippen LogP contribution in [0.3, 0.4) is 0 Å². The molecule has 0 radical (unpaired) electrons. The Kier molecular flexibility index (Phi) is 4.75. The van der Waals surface area contributed by atoms with Gasteiger partial charge in [0.15, 0.2) is 0 Å². The van der Waals surface area contributed by atoms with Crippen LogP contribution in [-0.2, 0) is 20.4 Å². The molecule has 0 aromatic carbocycles. The third-order valence-corrected chi connectivity index (χ3v) is 4.02. The van der Waals surface area contributed by atoms with Gasteiger partial charge in [-0.05, 0) is 20.8 Å². The van der Waals surface area contributed by atoms with Gasteiger partial charge in [0.2, 0.25) is 5.91 Å². The van der Waals surface area contributed by atoms with Gasteiger partial charge in [0, 0.05) is 23.6 Å². The Labute approximate surface area is 111 Å². The van der Waals surface area contributed by atoms with E-state index in [0.717, 1.165) is 0 Å². The van der Waals surface area contributed by atoms with Gasteiger partial charge in [0.1, 0.15) is 4.90 Å². The highest BCUT2D eigenvalue weighted by Crippen LogP contribution is 2.23. The number of carbonyl (C=O) groups excluding carboxylic acids is 1. The first-order valence-electron chi connectivity index (χ1n) is 5.52. The van der Waals surface area contributed by atoms with Gasteiger partial charge in [0.25, 0.3) is 9.05 Å². The van der Waals surface area contributed by atoms with E-state index in [4.69, 9.17) is 10.7 Å². The SMILES string of the molecule is CCNC(=O)CCn1nc(C)c(S(=O)(=O)Cl)c1C. The van der Waals surface area contributed by atoms with Crippen LogP contribution in [0.1, 0.15) is 24.7 Å². The van der Waals surface area contributed by atoms with Crippen molar-refractivity contribution in [3.8, 4) is 0 Å². The fourth-order valence-electron chi connectivity index (χ4n) is 1.74. The summed E-state index contributed by atoms with van der Waals surface area (Å²) >= 11 is 0. The molecule has 0 fully saturated rings. The molecule has 18 heavy (non-hydrogen) atoms. The Morgan fingerprint density at radius 2 is 2.06 bits per heavy atom. The molecule has 0 spiro atoms. The predicted octanol–water partition coefficient (Wildman–Crippen LogP) is 0.954. The van der Waals surface area contributed by atoms with Crippen LogP contribution in [0, 0.1) is 13.8 Å². The molecule has 1 rings (SSSR count). The van der Waals surface area contributed by atoms with Crippen LogP contribution < -0.4 is 5.32 Å². The van der Waals surface area contributed by atoms with Crippen molar-refractivity contribution in [1.82, 2.24) is 15.1 Å². The Balaban J connectivity index is 2.90. The molecule has 102 valence electrons. The lowest BCUT2D eigenvalue weighted by molar-refractivity contribution is -0.121. The average Bonchev–Trinajstić information content (AvgIpc) is 2.50. The lowest BCUT2D eigenvalue weighted by Crippen LogP contribution is -2.24. The maximum Gasteiger partial charge on any atom is 0.264 e. The first kappa shape index (κ1) is 15.0. The number of nitrogens with zero attached hydrogens (tertiary/aromatic N) is 2. The van der Waals surface area contributed by atoms with E-state index in [-0.39, 0.29) is 17.2 Å². The van der Waals surface area contributed by atoms with Crippen LogP contribution in [0.2, 0.25) is 0 Å². The fraction of sp³-hybridized carbons (Fsp3) is 0.600. The van der Waals surface area contributed by atoms with Gasteiger partial charge in [-0.15, -0.1) is 0 Å². The number of rotatable bonds is 5. The second kappa shape index (κ2) is 5.71. The van der Waals surface area contributed by atoms with Crippen LogP contribution >= 0.6 is 10.7 Å². The lowest BCUT2D eigenvalue weighted by atomic mass is 10.3. The summed E-state index contributed by atoms with van der Waals surface area (Å²) in [5, 5.41) is 6.74. The number of nitrogens with one attached hydrogen (secondary N) is 1. The Morgan fingerprint density at radius 1 is 1.44 bits per heavy atom. The molecule has 8 heteroatoms. The van der Waals surface area contributed by atoms with Gasteiger partial charge >= 0.3 is 0 Å². The largest absolute Gasteiger partial charge is 0.356 e. The van der Waals surface area contributed by atoms with Crippen molar-refractivity contribution in [1.29, 1.82) is 0 Å². The van der Waals surface area contributed by atoms with Crippen molar-refractivity contribution >= 4 is 25.6 Å². The molecule has 6 nitrogen and oxygen atoms in total. The number of aryl methyl sites for hydroxylation is 2. The maximum absolute atomic E-state index is 11.4. The van der Waals surface area contributed by atoms with Gasteiger partial charge in [-0.1, -0.05) is 0 Å². The maximum atomic E-state index is 11.4. The van der Waals surface area contributed by atoms with E-state index in [1.165, 1.54) is 4.68 Å². The van der Waals surface area contributed by atoms with Crippen molar-refractivity contribution in [3.63, 3.8) is 0 Å². The van der Waals surface area contributed by atoms with E-state index in [1.54, 1.807) is 13.8 Å². The summed E-state index contributed by atoms with van der Waals surface area (Å²) in [5.41, 5.74) is 0.796. The highest BCUT2D eigenvalue weighted by molar-refractivity contribution is 8.13. The first-order chi connectivity index (χ1) is 8.27. The monoisotopic (exact) mass is 293 g/mol.